The van der Waals surface area contributed by atoms with Crippen LogP contribution in [-0.2, 0) is 0 Å². The standard InChI is InChI=1S/C9H13N3/c10-7-6-9(12-11)8-4-2-1-3-5-8/h1-5H,6-7,10-11H2/b12-9-. The maximum absolute atomic E-state index is 5.41. The molecular formula is C9H13N3. The van der Waals surface area contributed by atoms with Gasteiger partial charge in [-0.3, -0.25) is 0 Å². The van der Waals surface area contributed by atoms with Crippen molar-refractivity contribution in [2.75, 3.05) is 6.54 Å². The van der Waals surface area contributed by atoms with Crippen LogP contribution in [0.3, 0.4) is 0 Å². The molecule has 0 saturated heterocycles. The monoisotopic (exact) mass is 163 g/mol. The minimum absolute atomic E-state index is 0.574. The number of nitrogens with zero attached hydrogens (tertiary/aromatic N) is 1. The summed E-state index contributed by atoms with van der Waals surface area (Å²) in [6.07, 6.45) is 0.723. The summed E-state index contributed by atoms with van der Waals surface area (Å²) in [4.78, 5) is 0. The number of nitrogens with two attached hydrogens (primary N) is 2. The van der Waals surface area contributed by atoms with Crippen LogP contribution < -0.4 is 11.6 Å². The Kier molecular flexibility index (Phi) is 3.29. The van der Waals surface area contributed by atoms with Crippen molar-refractivity contribution in [1.29, 1.82) is 0 Å². The van der Waals surface area contributed by atoms with Crippen LogP contribution in [-0.4, -0.2) is 12.3 Å². The van der Waals surface area contributed by atoms with E-state index in [1.54, 1.807) is 0 Å². The fourth-order valence-electron chi connectivity index (χ4n) is 1.05. The van der Waals surface area contributed by atoms with E-state index in [-0.39, 0.29) is 0 Å². The molecule has 64 valence electrons. The molecule has 0 aromatic heterocycles. The number of hydrazone groups is 1. The second kappa shape index (κ2) is 4.51. The van der Waals surface area contributed by atoms with Gasteiger partial charge >= 0.3 is 0 Å². The minimum atomic E-state index is 0.574. The Hall–Kier alpha value is -1.35. The first-order chi connectivity index (χ1) is 5.88. The van der Waals surface area contributed by atoms with E-state index in [9.17, 15) is 0 Å². The Labute approximate surface area is 72.1 Å². The van der Waals surface area contributed by atoms with Crippen molar-refractivity contribution in [3.8, 4) is 0 Å². The first-order valence-electron chi connectivity index (χ1n) is 3.90. The molecule has 0 unspecified atom stereocenters. The molecule has 0 atom stereocenters. The van der Waals surface area contributed by atoms with Crippen molar-refractivity contribution in [3.05, 3.63) is 35.9 Å². The molecule has 0 fully saturated rings. The van der Waals surface area contributed by atoms with E-state index in [0.717, 1.165) is 17.7 Å². The molecule has 1 aromatic carbocycles. The van der Waals surface area contributed by atoms with Gasteiger partial charge in [0.05, 0.1) is 5.71 Å². The Bertz CT molecular complexity index is 254. The van der Waals surface area contributed by atoms with Gasteiger partial charge < -0.3 is 11.6 Å². The number of hydrogen-bond donors (Lipinski definition) is 2. The quantitative estimate of drug-likeness (QED) is 0.391. The summed E-state index contributed by atoms with van der Waals surface area (Å²) in [5.74, 6) is 5.22. The third-order valence-corrected chi connectivity index (χ3v) is 1.64. The van der Waals surface area contributed by atoms with Crippen LogP contribution in [0, 0.1) is 0 Å². The van der Waals surface area contributed by atoms with Gasteiger partial charge in [-0.15, -0.1) is 0 Å². The molecule has 0 aliphatic carbocycles. The molecular weight excluding hydrogens is 150 g/mol. The molecule has 1 rings (SSSR count). The lowest BCUT2D eigenvalue weighted by atomic mass is 10.1. The summed E-state index contributed by atoms with van der Waals surface area (Å²) in [5, 5.41) is 3.68. The zero-order chi connectivity index (χ0) is 8.81. The van der Waals surface area contributed by atoms with Crippen molar-refractivity contribution in [2.24, 2.45) is 16.7 Å². The van der Waals surface area contributed by atoms with E-state index in [0.29, 0.717) is 6.54 Å². The highest BCUT2D eigenvalue weighted by Gasteiger charge is 1.99. The van der Waals surface area contributed by atoms with Crippen LogP contribution in [0.4, 0.5) is 0 Å². The maximum Gasteiger partial charge on any atom is 0.0685 e. The van der Waals surface area contributed by atoms with E-state index in [1.807, 2.05) is 30.3 Å². The van der Waals surface area contributed by atoms with Crippen molar-refractivity contribution in [3.63, 3.8) is 0 Å². The fourth-order valence-corrected chi connectivity index (χ4v) is 1.05. The average Bonchev–Trinajstić information content (AvgIpc) is 2.15. The minimum Gasteiger partial charge on any atom is -0.330 e. The SMILES string of the molecule is NCC/C(=N/N)c1ccccc1. The van der Waals surface area contributed by atoms with E-state index in [1.165, 1.54) is 0 Å². The van der Waals surface area contributed by atoms with Crippen LogP contribution in [0.15, 0.2) is 35.4 Å². The van der Waals surface area contributed by atoms with E-state index >= 15 is 0 Å². The first-order valence-corrected chi connectivity index (χ1v) is 3.90. The Morgan fingerprint density at radius 1 is 1.25 bits per heavy atom. The zero-order valence-corrected chi connectivity index (χ0v) is 6.90. The highest BCUT2D eigenvalue weighted by Crippen LogP contribution is 2.02. The van der Waals surface area contributed by atoms with Crippen LogP contribution in [0.25, 0.3) is 0 Å². The molecule has 0 bridgehead atoms. The lowest BCUT2D eigenvalue weighted by molar-refractivity contribution is 1.03. The largest absolute Gasteiger partial charge is 0.330 e. The molecule has 0 spiro atoms. The van der Waals surface area contributed by atoms with Gasteiger partial charge in [0.15, 0.2) is 0 Å². The van der Waals surface area contributed by atoms with Gasteiger partial charge in [-0.05, 0) is 12.1 Å². The van der Waals surface area contributed by atoms with Gasteiger partial charge in [0.1, 0.15) is 0 Å². The van der Waals surface area contributed by atoms with Gasteiger partial charge in [-0.25, -0.2) is 0 Å². The topological polar surface area (TPSA) is 64.4 Å². The van der Waals surface area contributed by atoms with Crippen LogP contribution in [0.5, 0.6) is 0 Å². The van der Waals surface area contributed by atoms with E-state index < -0.39 is 0 Å². The first kappa shape index (κ1) is 8.74. The summed E-state index contributed by atoms with van der Waals surface area (Å²) in [7, 11) is 0. The summed E-state index contributed by atoms with van der Waals surface area (Å²) >= 11 is 0. The molecule has 3 heteroatoms. The van der Waals surface area contributed by atoms with Crippen molar-refractivity contribution in [1.82, 2.24) is 0 Å². The molecule has 0 saturated carbocycles. The van der Waals surface area contributed by atoms with Gasteiger partial charge in [0.25, 0.3) is 0 Å². The summed E-state index contributed by atoms with van der Waals surface area (Å²) in [6, 6.07) is 9.82. The number of rotatable bonds is 3. The summed E-state index contributed by atoms with van der Waals surface area (Å²) < 4.78 is 0. The molecule has 3 nitrogen and oxygen atoms in total. The lowest BCUT2D eigenvalue weighted by Gasteiger charge is -2.01. The van der Waals surface area contributed by atoms with Crippen molar-refractivity contribution < 1.29 is 0 Å². The third-order valence-electron chi connectivity index (χ3n) is 1.64. The molecule has 0 radical (unpaired) electrons. The van der Waals surface area contributed by atoms with Crippen molar-refractivity contribution in [2.45, 2.75) is 6.42 Å². The lowest BCUT2D eigenvalue weighted by Crippen LogP contribution is -2.11. The highest BCUT2D eigenvalue weighted by molar-refractivity contribution is 6.00. The second-order valence-electron chi connectivity index (χ2n) is 2.48. The van der Waals surface area contributed by atoms with Crippen molar-refractivity contribution >= 4 is 5.71 Å². The predicted molar refractivity (Wildman–Crippen MR) is 50.8 cm³/mol. The number of benzene rings is 1. The Balaban J connectivity index is 2.82. The summed E-state index contributed by atoms with van der Waals surface area (Å²) in [5.41, 5.74) is 7.31. The molecule has 0 aliphatic rings. The molecule has 0 heterocycles. The zero-order valence-electron chi connectivity index (χ0n) is 6.90. The highest BCUT2D eigenvalue weighted by atomic mass is 15.1. The Morgan fingerprint density at radius 2 is 1.92 bits per heavy atom. The Morgan fingerprint density at radius 3 is 2.42 bits per heavy atom. The predicted octanol–water partition coefficient (Wildman–Crippen LogP) is 0.698. The smallest absolute Gasteiger partial charge is 0.0685 e. The third kappa shape index (κ3) is 2.07. The summed E-state index contributed by atoms with van der Waals surface area (Å²) in [6.45, 7) is 0.574. The van der Waals surface area contributed by atoms with Crippen LogP contribution in [0.1, 0.15) is 12.0 Å². The fraction of sp³-hybridized carbons (Fsp3) is 0.222. The van der Waals surface area contributed by atoms with Crippen LogP contribution in [0.2, 0.25) is 0 Å². The molecule has 1 aromatic rings. The molecule has 4 N–H and O–H groups in total. The van der Waals surface area contributed by atoms with E-state index in [2.05, 4.69) is 5.10 Å². The maximum atomic E-state index is 5.41. The van der Waals surface area contributed by atoms with Gasteiger partial charge in [0, 0.05) is 6.42 Å². The normalized spacial score (nSPS) is 11.6. The second-order valence-corrected chi connectivity index (χ2v) is 2.48. The molecule has 0 aliphatic heterocycles. The number of hydrogen-bond acceptors (Lipinski definition) is 3. The van der Waals surface area contributed by atoms with E-state index in [4.69, 9.17) is 11.6 Å². The average molecular weight is 163 g/mol. The van der Waals surface area contributed by atoms with Crippen LogP contribution >= 0.6 is 0 Å². The van der Waals surface area contributed by atoms with Gasteiger partial charge in [0.2, 0.25) is 0 Å². The molecule has 12 heavy (non-hydrogen) atoms. The molecule has 0 amide bonds. The van der Waals surface area contributed by atoms with Gasteiger partial charge in [-0.2, -0.15) is 5.10 Å². The van der Waals surface area contributed by atoms with Gasteiger partial charge in [-0.1, -0.05) is 30.3 Å².